The van der Waals surface area contributed by atoms with Crippen LogP contribution in [0.25, 0.3) is 0 Å². The van der Waals surface area contributed by atoms with Crippen LogP contribution in [-0.2, 0) is 6.54 Å². The van der Waals surface area contributed by atoms with Crippen molar-refractivity contribution in [2.45, 2.75) is 6.54 Å². The topological polar surface area (TPSA) is 73.6 Å². The molecule has 0 aliphatic heterocycles. The molecule has 3 N–H and O–H groups in total. The summed E-state index contributed by atoms with van der Waals surface area (Å²) in [5.74, 6) is 1.38. The zero-order valence-corrected chi connectivity index (χ0v) is 12.5. The van der Waals surface area contributed by atoms with Gasteiger partial charge in [0.1, 0.15) is 18.1 Å². The van der Waals surface area contributed by atoms with Gasteiger partial charge in [-0.2, -0.15) is 0 Å². The first-order valence-corrected chi connectivity index (χ1v) is 7.07. The molecule has 0 aliphatic carbocycles. The molecular formula is C17H20N2O3. The van der Waals surface area contributed by atoms with Crippen molar-refractivity contribution in [2.75, 3.05) is 20.3 Å². The van der Waals surface area contributed by atoms with Gasteiger partial charge in [-0.05, 0) is 42.0 Å². The summed E-state index contributed by atoms with van der Waals surface area (Å²) >= 11 is 0. The van der Waals surface area contributed by atoms with Crippen molar-refractivity contribution in [3.05, 3.63) is 59.7 Å². The van der Waals surface area contributed by atoms with Crippen molar-refractivity contribution in [2.24, 2.45) is 5.73 Å². The van der Waals surface area contributed by atoms with Crippen molar-refractivity contribution in [3.8, 4) is 11.5 Å². The van der Waals surface area contributed by atoms with Crippen LogP contribution in [0.1, 0.15) is 15.9 Å². The third-order valence-corrected chi connectivity index (χ3v) is 3.14. The van der Waals surface area contributed by atoms with Crippen molar-refractivity contribution < 1.29 is 14.3 Å². The summed E-state index contributed by atoms with van der Waals surface area (Å²) in [5, 5.41) is 2.81. The molecule has 0 heterocycles. The van der Waals surface area contributed by atoms with Crippen LogP contribution in [0.3, 0.4) is 0 Å². The standard InChI is InChI=1S/C17H20N2O3/c1-21-15-5-7-16(8-6-15)22-10-9-19-17(20)14-4-2-3-13(11-14)12-18/h2-8,11H,9-10,12,18H2,1H3,(H,19,20). The minimum Gasteiger partial charge on any atom is -0.497 e. The average molecular weight is 300 g/mol. The van der Waals surface area contributed by atoms with Gasteiger partial charge in [0.25, 0.3) is 5.91 Å². The van der Waals surface area contributed by atoms with Crippen LogP contribution in [0.2, 0.25) is 0 Å². The Hall–Kier alpha value is -2.53. The molecule has 0 saturated heterocycles. The molecule has 22 heavy (non-hydrogen) atoms. The summed E-state index contributed by atoms with van der Waals surface area (Å²) in [6.07, 6.45) is 0. The molecule has 0 bridgehead atoms. The van der Waals surface area contributed by atoms with E-state index >= 15 is 0 Å². The lowest BCUT2D eigenvalue weighted by Crippen LogP contribution is -2.28. The fourth-order valence-electron chi connectivity index (χ4n) is 1.95. The zero-order chi connectivity index (χ0) is 15.8. The molecule has 5 heteroatoms. The molecule has 1 amide bonds. The highest BCUT2D eigenvalue weighted by Gasteiger charge is 2.05. The van der Waals surface area contributed by atoms with Crippen LogP contribution >= 0.6 is 0 Å². The van der Waals surface area contributed by atoms with Gasteiger partial charge < -0.3 is 20.5 Å². The smallest absolute Gasteiger partial charge is 0.251 e. The highest BCUT2D eigenvalue weighted by Crippen LogP contribution is 2.16. The van der Waals surface area contributed by atoms with Crippen LogP contribution in [0.15, 0.2) is 48.5 Å². The number of hydrogen-bond donors (Lipinski definition) is 2. The molecule has 0 radical (unpaired) electrons. The number of ether oxygens (including phenoxy) is 2. The third-order valence-electron chi connectivity index (χ3n) is 3.14. The predicted octanol–water partition coefficient (Wildman–Crippen LogP) is 1.96. The molecular weight excluding hydrogens is 280 g/mol. The largest absolute Gasteiger partial charge is 0.497 e. The Balaban J connectivity index is 1.76. The van der Waals surface area contributed by atoms with Gasteiger partial charge in [0.05, 0.1) is 13.7 Å². The maximum atomic E-state index is 12.0. The van der Waals surface area contributed by atoms with Gasteiger partial charge in [-0.15, -0.1) is 0 Å². The molecule has 2 aromatic carbocycles. The molecule has 0 spiro atoms. The van der Waals surface area contributed by atoms with E-state index in [1.807, 2.05) is 36.4 Å². The Morgan fingerprint density at radius 3 is 2.55 bits per heavy atom. The molecule has 0 unspecified atom stereocenters. The molecule has 0 aromatic heterocycles. The number of rotatable bonds is 7. The number of carbonyl (C=O) groups excluding carboxylic acids is 1. The predicted molar refractivity (Wildman–Crippen MR) is 85.2 cm³/mol. The monoisotopic (exact) mass is 300 g/mol. The Labute approximate surface area is 130 Å². The summed E-state index contributed by atoms with van der Waals surface area (Å²) in [6, 6.07) is 14.6. The van der Waals surface area contributed by atoms with E-state index in [-0.39, 0.29) is 5.91 Å². The van der Waals surface area contributed by atoms with Crippen LogP contribution in [0.4, 0.5) is 0 Å². The Bertz CT molecular complexity index is 612. The number of benzene rings is 2. The van der Waals surface area contributed by atoms with Gasteiger partial charge in [0, 0.05) is 12.1 Å². The SMILES string of the molecule is COc1ccc(OCCNC(=O)c2cccc(CN)c2)cc1. The molecule has 116 valence electrons. The van der Waals surface area contributed by atoms with Crippen LogP contribution in [0, 0.1) is 0 Å². The summed E-state index contributed by atoms with van der Waals surface area (Å²) in [7, 11) is 1.62. The number of nitrogens with one attached hydrogen (secondary N) is 1. The van der Waals surface area contributed by atoms with E-state index < -0.39 is 0 Å². The minimum atomic E-state index is -0.131. The van der Waals surface area contributed by atoms with Crippen molar-refractivity contribution in [1.29, 1.82) is 0 Å². The molecule has 0 saturated carbocycles. The second kappa shape index (κ2) is 8.05. The fourth-order valence-corrected chi connectivity index (χ4v) is 1.95. The van der Waals surface area contributed by atoms with Crippen molar-refractivity contribution in [3.63, 3.8) is 0 Å². The van der Waals surface area contributed by atoms with Gasteiger partial charge in [0.15, 0.2) is 0 Å². The van der Waals surface area contributed by atoms with Gasteiger partial charge in [0.2, 0.25) is 0 Å². The minimum absolute atomic E-state index is 0.131. The lowest BCUT2D eigenvalue weighted by Gasteiger charge is -2.09. The number of carbonyl (C=O) groups is 1. The van der Waals surface area contributed by atoms with Crippen LogP contribution < -0.4 is 20.5 Å². The van der Waals surface area contributed by atoms with E-state index in [2.05, 4.69) is 5.32 Å². The highest BCUT2D eigenvalue weighted by molar-refractivity contribution is 5.94. The van der Waals surface area contributed by atoms with Crippen LogP contribution in [0.5, 0.6) is 11.5 Å². The number of hydrogen-bond acceptors (Lipinski definition) is 4. The van der Waals surface area contributed by atoms with Crippen molar-refractivity contribution in [1.82, 2.24) is 5.32 Å². The van der Waals surface area contributed by atoms with Gasteiger partial charge in [-0.25, -0.2) is 0 Å². The molecule has 0 fully saturated rings. The Kier molecular flexibility index (Phi) is 5.80. The Morgan fingerprint density at radius 2 is 1.86 bits per heavy atom. The van der Waals surface area contributed by atoms with E-state index in [1.165, 1.54) is 0 Å². The molecule has 5 nitrogen and oxygen atoms in total. The maximum absolute atomic E-state index is 12.0. The fraction of sp³-hybridized carbons (Fsp3) is 0.235. The Morgan fingerprint density at radius 1 is 1.14 bits per heavy atom. The second-order valence-corrected chi connectivity index (χ2v) is 4.68. The lowest BCUT2D eigenvalue weighted by molar-refractivity contribution is 0.0947. The van der Waals surface area contributed by atoms with E-state index in [0.717, 1.165) is 17.1 Å². The van der Waals surface area contributed by atoms with E-state index in [0.29, 0.717) is 25.3 Å². The normalized spacial score (nSPS) is 10.1. The number of nitrogens with two attached hydrogens (primary N) is 1. The second-order valence-electron chi connectivity index (χ2n) is 4.68. The first kappa shape index (κ1) is 15.9. The lowest BCUT2D eigenvalue weighted by atomic mass is 10.1. The van der Waals surface area contributed by atoms with Crippen LogP contribution in [-0.4, -0.2) is 26.2 Å². The third kappa shape index (κ3) is 4.49. The highest BCUT2D eigenvalue weighted by atomic mass is 16.5. The van der Waals surface area contributed by atoms with E-state index in [4.69, 9.17) is 15.2 Å². The zero-order valence-electron chi connectivity index (χ0n) is 12.5. The first-order chi connectivity index (χ1) is 10.7. The molecule has 2 aromatic rings. The van der Waals surface area contributed by atoms with Crippen molar-refractivity contribution >= 4 is 5.91 Å². The first-order valence-electron chi connectivity index (χ1n) is 7.07. The van der Waals surface area contributed by atoms with Gasteiger partial charge in [-0.1, -0.05) is 12.1 Å². The van der Waals surface area contributed by atoms with E-state index in [9.17, 15) is 4.79 Å². The molecule has 0 atom stereocenters. The summed E-state index contributed by atoms with van der Waals surface area (Å²) in [5.41, 5.74) is 7.10. The molecule has 0 aliphatic rings. The summed E-state index contributed by atoms with van der Waals surface area (Å²) in [4.78, 5) is 12.0. The summed E-state index contributed by atoms with van der Waals surface area (Å²) < 4.78 is 10.6. The van der Waals surface area contributed by atoms with E-state index in [1.54, 1.807) is 19.2 Å². The van der Waals surface area contributed by atoms with Gasteiger partial charge in [-0.3, -0.25) is 4.79 Å². The van der Waals surface area contributed by atoms with Gasteiger partial charge >= 0.3 is 0 Å². The number of methoxy groups -OCH3 is 1. The molecule has 2 rings (SSSR count). The maximum Gasteiger partial charge on any atom is 0.251 e. The number of amides is 1. The summed E-state index contributed by atoms with van der Waals surface area (Å²) in [6.45, 7) is 1.24. The average Bonchev–Trinajstić information content (AvgIpc) is 2.59. The quantitative estimate of drug-likeness (QED) is 0.767.